The van der Waals surface area contributed by atoms with Crippen LogP contribution in [0.15, 0.2) is 18.5 Å². The number of aromatic nitrogens is 2. The van der Waals surface area contributed by atoms with Crippen LogP contribution in [0.25, 0.3) is 0 Å². The quantitative estimate of drug-likeness (QED) is 0.598. The highest BCUT2D eigenvalue weighted by molar-refractivity contribution is 5.93. The van der Waals surface area contributed by atoms with Crippen LogP contribution >= 0.6 is 0 Å². The van der Waals surface area contributed by atoms with Gasteiger partial charge in [0.25, 0.3) is 0 Å². The van der Waals surface area contributed by atoms with Crippen molar-refractivity contribution in [3.8, 4) is 0 Å². The van der Waals surface area contributed by atoms with E-state index in [2.05, 4.69) is 5.10 Å². The molecular weight excluding hydrogens is 160 g/mol. The highest BCUT2D eigenvalue weighted by Crippen LogP contribution is 1.83. The lowest BCUT2D eigenvalue weighted by Gasteiger charge is -1.99. The molecule has 1 rings (SSSR count). The first kappa shape index (κ1) is 8.25. The van der Waals surface area contributed by atoms with E-state index in [4.69, 9.17) is 5.73 Å². The van der Waals surface area contributed by atoms with E-state index >= 15 is 0 Å². The molecule has 64 valence electrons. The number of amides is 3. The highest BCUT2D eigenvalue weighted by atomic mass is 16.2. The van der Waals surface area contributed by atoms with Gasteiger partial charge in [0.15, 0.2) is 0 Å². The Labute approximate surface area is 68.3 Å². The summed E-state index contributed by atoms with van der Waals surface area (Å²) in [6, 6.07) is 0.824. The van der Waals surface area contributed by atoms with E-state index in [1.54, 1.807) is 12.3 Å². The molecule has 0 atom stereocenters. The molecular formula is C6H8N4O2. The largest absolute Gasteiger partial charge is 0.351 e. The average Bonchev–Trinajstić information content (AvgIpc) is 2.37. The Morgan fingerprint density at radius 2 is 2.33 bits per heavy atom. The minimum absolute atomic E-state index is 0.00403. The fourth-order valence-electron chi connectivity index (χ4n) is 0.718. The van der Waals surface area contributed by atoms with Crippen LogP contribution < -0.4 is 11.1 Å². The number of nitrogens with one attached hydrogen (secondary N) is 1. The summed E-state index contributed by atoms with van der Waals surface area (Å²) >= 11 is 0. The van der Waals surface area contributed by atoms with Crippen LogP contribution in [0.4, 0.5) is 4.79 Å². The molecule has 0 aliphatic heterocycles. The normalized spacial score (nSPS) is 9.33. The molecule has 6 nitrogen and oxygen atoms in total. The van der Waals surface area contributed by atoms with Crippen LogP contribution in [0.3, 0.4) is 0 Å². The summed E-state index contributed by atoms with van der Waals surface area (Å²) in [7, 11) is 0. The summed E-state index contributed by atoms with van der Waals surface area (Å²) in [5, 5.41) is 5.69. The lowest BCUT2D eigenvalue weighted by atomic mass is 10.6. The number of nitrogens with two attached hydrogens (primary N) is 1. The highest BCUT2D eigenvalue weighted by Gasteiger charge is 2.03. The molecule has 3 amide bonds. The summed E-state index contributed by atoms with van der Waals surface area (Å²) in [5.41, 5.74) is 4.72. The Morgan fingerprint density at radius 3 is 2.83 bits per heavy atom. The maximum Gasteiger partial charge on any atom is 0.318 e. The fraction of sp³-hybridized carbons (Fsp3) is 0.167. The van der Waals surface area contributed by atoms with Crippen molar-refractivity contribution in [1.29, 1.82) is 0 Å². The number of rotatable bonds is 2. The molecule has 1 heterocycles. The zero-order valence-corrected chi connectivity index (χ0v) is 6.23. The van der Waals surface area contributed by atoms with E-state index in [9.17, 15) is 9.59 Å². The first-order chi connectivity index (χ1) is 5.68. The van der Waals surface area contributed by atoms with Gasteiger partial charge in [0.05, 0.1) is 0 Å². The molecule has 3 N–H and O–H groups in total. The first-order valence-corrected chi connectivity index (χ1v) is 3.25. The maximum atomic E-state index is 10.8. The van der Waals surface area contributed by atoms with E-state index in [0.29, 0.717) is 0 Å². The Morgan fingerprint density at radius 1 is 1.58 bits per heavy atom. The standard InChI is InChI=1S/C6H8N4O2/c7-6(12)9-5(11)4-10-3-1-2-8-10/h1-3H,4H2,(H3,7,9,11,12). The van der Waals surface area contributed by atoms with Gasteiger partial charge >= 0.3 is 6.03 Å². The third-order valence-corrected chi connectivity index (χ3v) is 1.13. The van der Waals surface area contributed by atoms with Gasteiger partial charge in [-0.3, -0.25) is 14.8 Å². The number of nitrogens with zero attached hydrogens (tertiary/aromatic N) is 2. The second kappa shape index (κ2) is 3.51. The Balaban J connectivity index is 2.42. The summed E-state index contributed by atoms with van der Waals surface area (Å²) in [6.45, 7) is -0.00403. The van der Waals surface area contributed by atoms with Gasteiger partial charge in [-0.25, -0.2) is 4.79 Å². The predicted octanol–water partition coefficient (Wildman–Crippen LogP) is -0.922. The number of urea groups is 1. The molecule has 0 spiro atoms. The molecule has 0 aliphatic carbocycles. The van der Waals surface area contributed by atoms with Gasteiger partial charge in [-0.1, -0.05) is 0 Å². The average molecular weight is 168 g/mol. The second-order valence-electron chi connectivity index (χ2n) is 2.12. The Bertz CT molecular complexity index is 280. The van der Waals surface area contributed by atoms with Crippen molar-refractivity contribution in [1.82, 2.24) is 15.1 Å². The summed E-state index contributed by atoms with van der Waals surface area (Å²) in [6.07, 6.45) is 3.15. The first-order valence-electron chi connectivity index (χ1n) is 3.25. The van der Waals surface area contributed by atoms with Gasteiger partial charge in [-0.2, -0.15) is 5.10 Å². The van der Waals surface area contributed by atoms with Crippen LogP contribution in [0, 0.1) is 0 Å². The third-order valence-electron chi connectivity index (χ3n) is 1.13. The molecule has 0 saturated heterocycles. The van der Waals surface area contributed by atoms with Gasteiger partial charge in [0.2, 0.25) is 5.91 Å². The lowest BCUT2D eigenvalue weighted by Crippen LogP contribution is -2.37. The molecule has 0 aliphatic rings. The Hall–Kier alpha value is -1.85. The molecule has 0 aromatic carbocycles. The number of hydrogen-bond donors (Lipinski definition) is 2. The van der Waals surface area contributed by atoms with Gasteiger partial charge in [0, 0.05) is 12.4 Å². The Kier molecular flexibility index (Phi) is 2.42. The van der Waals surface area contributed by atoms with Crippen LogP contribution in [0.1, 0.15) is 0 Å². The van der Waals surface area contributed by atoms with Crippen molar-refractivity contribution >= 4 is 11.9 Å². The van der Waals surface area contributed by atoms with E-state index in [0.717, 1.165) is 0 Å². The predicted molar refractivity (Wildman–Crippen MR) is 40.0 cm³/mol. The van der Waals surface area contributed by atoms with Gasteiger partial charge in [-0.15, -0.1) is 0 Å². The second-order valence-corrected chi connectivity index (χ2v) is 2.12. The maximum absolute atomic E-state index is 10.8. The molecule has 0 radical (unpaired) electrons. The van der Waals surface area contributed by atoms with Crippen molar-refractivity contribution in [2.75, 3.05) is 0 Å². The minimum Gasteiger partial charge on any atom is -0.351 e. The smallest absolute Gasteiger partial charge is 0.318 e. The summed E-state index contributed by atoms with van der Waals surface area (Å²) < 4.78 is 1.39. The fourth-order valence-corrected chi connectivity index (χ4v) is 0.718. The van der Waals surface area contributed by atoms with Gasteiger partial charge < -0.3 is 5.73 Å². The molecule has 0 bridgehead atoms. The zero-order chi connectivity index (χ0) is 8.97. The summed E-state index contributed by atoms with van der Waals surface area (Å²) in [5.74, 6) is -0.480. The number of hydrogen-bond acceptors (Lipinski definition) is 3. The van der Waals surface area contributed by atoms with E-state index in [1.165, 1.54) is 10.9 Å². The molecule has 0 fully saturated rings. The third kappa shape index (κ3) is 2.41. The van der Waals surface area contributed by atoms with Gasteiger partial charge in [0.1, 0.15) is 6.54 Å². The molecule has 6 heteroatoms. The number of carbonyl (C=O) groups excluding carboxylic acids is 2. The van der Waals surface area contributed by atoms with Crippen LogP contribution in [0.2, 0.25) is 0 Å². The molecule has 0 saturated carbocycles. The van der Waals surface area contributed by atoms with Crippen molar-refractivity contribution < 1.29 is 9.59 Å². The van der Waals surface area contributed by atoms with Crippen molar-refractivity contribution in [2.45, 2.75) is 6.54 Å². The lowest BCUT2D eigenvalue weighted by molar-refractivity contribution is -0.120. The zero-order valence-electron chi connectivity index (χ0n) is 6.23. The van der Waals surface area contributed by atoms with Crippen LogP contribution in [-0.2, 0) is 11.3 Å². The monoisotopic (exact) mass is 168 g/mol. The van der Waals surface area contributed by atoms with Crippen molar-refractivity contribution in [3.63, 3.8) is 0 Å². The number of carbonyl (C=O) groups is 2. The molecule has 12 heavy (non-hydrogen) atoms. The van der Waals surface area contributed by atoms with E-state index in [1.807, 2.05) is 5.32 Å². The molecule has 0 unspecified atom stereocenters. The number of primary amides is 1. The number of imide groups is 1. The van der Waals surface area contributed by atoms with Crippen molar-refractivity contribution in [2.24, 2.45) is 5.73 Å². The topological polar surface area (TPSA) is 90.0 Å². The molecule has 1 aromatic heterocycles. The minimum atomic E-state index is -0.854. The van der Waals surface area contributed by atoms with Crippen molar-refractivity contribution in [3.05, 3.63) is 18.5 Å². The van der Waals surface area contributed by atoms with Gasteiger partial charge in [-0.05, 0) is 6.07 Å². The van der Waals surface area contributed by atoms with Crippen LogP contribution in [0.5, 0.6) is 0 Å². The SMILES string of the molecule is NC(=O)NC(=O)Cn1cccn1. The van der Waals surface area contributed by atoms with E-state index in [-0.39, 0.29) is 6.54 Å². The molecule has 1 aromatic rings. The van der Waals surface area contributed by atoms with Crippen LogP contribution in [-0.4, -0.2) is 21.7 Å². The van der Waals surface area contributed by atoms with E-state index < -0.39 is 11.9 Å². The summed E-state index contributed by atoms with van der Waals surface area (Å²) in [4.78, 5) is 21.0.